The average Bonchev–Trinajstić information content (AvgIpc) is 2.48. The maximum Gasteiger partial charge on any atom is 0.305 e. The Kier molecular flexibility index (Phi) is 3.50. The third-order valence-electron chi connectivity index (χ3n) is 6.22. The van der Waals surface area contributed by atoms with Gasteiger partial charge in [-0.1, -0.05) is 34.1 Å². The normalized spacial score (nSPS) is 42.4. The van der Waals surface area contributed by atoms with Gasteiger partial charge < -0.3 is 4.74 Å². The van der Waals surface area contributed by atoms with Gasteiger partial charge >= 0.3 is 5.97 Å². The first-order chi connectivity index (χ1) is 8.31. The van der Waals surface area contributed by atoms with Gasteiger partial charge in [0.1, 0.15) is 0 Å². The minimum atomic E-state index is -0.0250. The number of esters is 1. The molecule has 2 fully saturated rings. The predicted octanol–water partition coefficient (Wildman–Crippen LogP) is 4.04. The number of hydrogen-bond donors (Lipinski definition) is 0. The van der Waals surface area contributed by atoms with Crippen LogP contribution in [0.1, 0.15) is 59.8 Å². The Morgan fingerprint density at radius 2 is 1.94 bits per heavy atom. The molecule has 0 radical (unpaired) electrons. The molecule has 2 aliphatic carbocycles. The lowest BCUT2D eigenvalue weighted by atomic mass is 9.67. The summed E-state index contributed by atoms with van der Waals surface area (Å²) in [7, 11) is 1.51. The number of carbonyl (C=O) groups excluding carboxylic acids is 1. The van der Waals surface area contributed by atoms with Crippen LogP contribution in [0.15, 0.2) is 0 Å². The van der Waals surface area contributed by atoms with E-state index in [4.69, 9.17) is 4.74 Å². The minimum absolute atomic E-state index is 0.0250. The highest BCUT2D eigenvalue weighted by Gasteiger charge is 2.55. The van der Waals surface area contributed by atoms with E-state index in [1.54, 1.807) is 0 Å². The number of ether oxygens (including phenoxy) is 1. The van der Waals surface area contributed by atoms with E-state index >= 15 is 0 Å². The van der Waals surface area contributed by atoms with Crippen LogP contribution >= 0.6 is 0 Å². The monoisotopic (exact) mass is 252 g/mol. The molecule has 0 aromatic heterocycles. The van der Waals surface area contributed by atoms with E-state index in [2.05, 4.69) is 27.7 Å². The molecule has 104 valence electrons. The molecule has 2 nitrogen and oxygen atoms in total. The molecule has 0 saturated heterocycles. The molecule has 0 aromatic carbocycles. The molecule has 2 bridgehead atoms. The number of fused-ring (bicyclic) bond motifs is 2. The second-order valence-electron chi connectivity index (χ2n) is 7.48. The Morgan fingerprint density at radius 1 is 1.28 bits per heavy atom. The minimum Gasteiger partial charge on any atom is -0.469 e. The van der Waals surface area contributed by atoms with E-state index in [0.29, 0.717) is 29.1 Å². The van der Waals surface area contributed by atoms with Crippen LogP contribution in [-0.4, -0.2) is 13.1 Å². The van der Waals surface area contributed by atoms with E-state index in [9.17, 15) is 4.79 Å². The third kappa shape index (κ3) is 2.08. The van der Waals surface area contributed by atoms with Gasteiger partial charge in [0, 0.05) is 6.42 Å². The van der Waals surface area contributed by atoms with Crippen molar-refractivity contribution in [3.8, 4) is 0 Å². The Morgan fingerprint density at radius 3 is 2.56 bits per heavy atom. The van der Waals surface area contributed by atoms with Crippen LogP contribution in [0.3, 0.4) is 0 Å². The van der Waals surface area contributed by atoms with Crippen molar-refractivity contribution in [3.63, 3.8) is 0 Å². The van der Waals surface area contributed by atoms with Gasteiger partial charge in [0.25, 0.3) is 0 Å². The maximum absolute atomic E-state index is 11.7. The highest BCUT2D eigenvalue weighted by Crippen LogP contribution is 2.62. The van der Waals surface area contributed by atoms with Crippen LogP contribution in [0.4, 0.5) is 0 Å². The molecular formula is C16H28O2. The van der Waals surface area contributed by atoms with Gasteiger partial charge in [0.05, 0.1) is 7.11 Å². The van der Waals surface area contributed by atoms with Crippen LogP contribution in [0, 0.1) is 28.6 Å². The first kappa shape index (κ1) is 13.9. The van der Waals surface area contributed by atoms with Crippen molar-refractivity contribution in [2.24, 2.45) is 28.6 Å². The van der Waals surface area contributed by atoms with Crippen molar-refractivity contribution >= 4 is 5.97 Å². The van der Waals surface area contributed by atoms with Crippen LogP contribution in [0.2, 0.25) is 0 Å². The van der Waals surface area contributed by atoms with Gasteiger partial charge in [-0.15, -0.1) is 0 Å². The summed E-state index contributed by atoms with van der Waals surface area (Å²) in [5.41, 5.74) is 0.716. The van der Waals surface area contributed by atoms with Gasteiger partial charge in [-0.05, 0) is 47.8 Å². The van der Waals surface area contributed by atoms with Gasteiger partial charge in [-0.3, -0.25) is 4.79 Å². The summed E-state index contributed by atoms with van der Waals surface area (Å²) in [6, 6.07) is 0. The average molecular weight is 252 g/mol. The summed E-state index contributed by atoms with van der Waals surface area (Å²) in [5, 5.41) is 0. The molecule has 0 heterocycles. The summed E-state index contributed by atoms with van der Waals surface area (Å²) >= 11 is 0. The molecule has 0 amide bonds. The molecule has 0 aliphatic heterocycles. The lowest BCUT2D eigenvalue weighted by Crippen LogP contribution is -2.33. The molecule has 2 saturated carbocycles. The standard InChI is InChI=1S/C16H28O2/c1-11-9-12-13(10-14(17)18-5)16(11,4)8-6-7-15(12,2)3/h11-13H,6-10H2,1-5H3. The van der Waals surface area contributed by atoms with Crippen molar-refractivity contribution < 1.29 is 9.53 Å². The van der Waals surface area contributed by atoms with Crippen molar-refractivity contribution in [3.05, 3.63) is 0 Å². The van der Waals surface area contributed by atoms with Crippen molar-refractivity contribution in [1.29, 1.82) is 0 Å². The molecule has 0 aromatic rings. The van der Waals surface area contributed by atoms with E-state index in [1.165, 1.54) is 32.8 Å². The second kappa shape index (κ2) is 4.54. The fourth-order valence-electron chi connectivity index (χ4n) is 4.68. The molecule has 18 heavy (non-hydrogen) atoms. The first-order valence-corrected chi connectivity index (χ1v) is 7.38. The van der Waals surface area contributed by atoms with Gasteiger partial charge in [0.2, 0.25) is 0 Å². The zero-order valence-electron chi connectivity index (χ0n) is 12.6. The first-order valence-electron chi connectivity index (χ1n) is 7.38. The van der Waals surface area contributed by atoms with Gasteiger partial charge in [-0.2, -0.15) is 0 Å². The largest absolute Gasteiger partial charge is 0.469 e. The molecule has 2 aliphatic rings. The third-order valence-corrected chi connectivity index (χ3v) is 6.22. The topological polar surface area (TPSA) is 26.3 Å². The zero-order chi connectivity index (χ0) is 13.6. The van der Waals surface area contributed by atoms with Crippen LogP contribution in [0.25, 0.3) is 0 Å². The molecule has 4 atom stereocenters. The fourth-order valence-corrected chi connectivity index (χ4v) is 4.68. The van der Waals surface area contributed by atoms with E-state index in [0.717, 1.165) is 5.92 Å². The number of rotatable bonds is 2. The van der Waals surface area contributed by atoms with E-state index < -0.39 is 0 Å². The number of methoxy groups -OCH3 is 1. The van der Waals surface area contributed by atoms with E-state index in [-0.39, 0.29) is 5.97 Å². The Hall–Kier alpha value is -0.530. The van der Waals surface area contributed by atoms with Crippen molar-refractivity contribution in [1.82, 2.24) is 0 Å². The summed E-state index contributed by atoms with van der Waals surface area (Å²) in [4.78, 5) is 11.7. The van der Waals surface area contributed by atoms with Crippen LogP contribution < -0.4 is 0 Å². The maximum atomic E-state index is 11.7. The summed E-state index contributed by atoms with van der Waals surface area (Å²) in [6.45, 7) is 9.58. The summed E-state index contributed by atoms with van der Waals surface area (Å²) < 4.78 is 4.93. The number of carbonyl (C=O) groups is 1. The molecule has 4 unspecified atom stereocenters. The fraction of sp³-hybridized carbons (Fsp3) is 0.938. The van der Waals surface area contributed by atoms with Crippen molar-refractivity contribution in [2.75, 3.05) is 7.11 Å². The zero-order valence-corrected chi connectivity index (χ0v) is 12.6. The van der Waals surface area contributed by atoms with Crippen LogP contribution in [-0.2, 0) is 9.53 Å². The van der Waals surface area contributed by atoms with Gasteiger partial charge in [-0.25, -0.2) is 0 Å². The predicted molar refractivity (Wildman–Crippen MR) is 73.1 cm³/mol. The Balaban J connectivity index is 2.31. The second-order valence-corrected chi connectivity index (χ2v) is 7.48. The molecule has 2 rings (SSSR count). The summed E-state index contributed by atoms with van der Waals surface area (Å²) in [5.74, 6) is 1.90. The molecule has 0 N–H and O–H groups in total. The van der Waals surface area contributed by atoms with Gasteiger partial charge in [0.15, 0.2) is 0 Å². The molecule has 0 spiro atoms. The van der Waals surface area contributed by atoms with E-state index in [1.807, 2.05) is 0 Å². The van der Waals surface area contributed by atoms with Crippen LogP contribution in [0.5, 0.6) is 0 Å². The summed E-state index contributed by atoms with van der Waals surface area (Å²) in [6.07, 6.45) is 5.78. The Labute approximate surface area is 111 Å². The lowest BCUT2D eigenvalue weighted by Gasteiger charge is -2.37. The Bertz CT molecular complexity index is 334. The molecule has 2 heteroatoms. The number of hydrogen-bond acceptors (Lipinski definition) is 2. The SMILES string of the molecule is COC(=O)CC1C2CC(C)C1(C)CCCC2(C)C. The highest BCUT2D eigenvalue weighted by molar-refractivity contribution is 5.69. The highest BCUT2D eigenvalue weighted by atomic mass is 16.5. The molecular weight excluding hydrogens is 224 g/mol. The smallest absolute Gasteiger partial charge is 0.305 e. The van der Waals surface area contributed by atoms with Crippen molar-refractivity contribution in [2.45, 2.75) is 59.8 Å². The quantitative estimate of drug-likeness (QED) is 0.693. The lowest BCUT2D eigenvalue weighted by molar-refractivity contribution is -0.143.